The van der Waals surface area contributed by atoms with Crippen LogP contribution >= 0.6 is 34.4 Å². The number of likely N-dealkylation sites (N-methyl/N-ethyl adjacent to an activating group) is 1. The van der Waals surface area contributed by atoms with E-state index in [-0.39, 0.29) is 23.9 Å². The average molecular weight is 646 g/mol. The van der Waals surface area contributed by atoms with Gasteiger partial charge in [0.25, 0.3) is 5.91 Å². The van der Waals surface area contributed by atoms with Crippen LogP contribution < -0.4 is 9.47 Å². The molecular formula is C28H24FIN2O5S. The molecule has 4 rings (SSSR count). The van der Waals surface area contributed by atoms with Gasteiger partial charge in [0.05, 0.1) is 26.3 Å². The predicted octanol–water partition coefficient (Wildman–Crippen LogP) is 6.73. The maximum Gasteiger partial charge on any atom is 0.335 e. The lowest BCUT2D eigenvalue weighted by molar-refractivity contribution is -0.122. The van der Waals surface area contributed by atoms with Crippen LogP contribution in [0.4, 0.5) is 10.1 Å². The number of thioether (sulfide) groups is 1. The van der Waals surface area contributed by atoms with Crippen LogP contribution in [0.3, 0.4) is 0 Å². The van der Waals surface area contributed by atoms with Crippen molar-refractivity contribution in [1.82, 2.24) is 4.90 Å². The Hall–Kier alpha value is -3.38. The number of carboxylic acid groups (broad SMARTS) is 1. The molecule has 1 aliphatic rings. The van der Waals surface area contributed by atoms with Crippen LogP contribution in [0.2, 0.25) is 0 Å². The standard InChI is InChI=1S/C28H24FIN2O5S/c1-3-32-26(33)24(38-28(32)31-21-11-7-19(8-12-21)27(34)35)15-18-13-22(30)25(23(14-18)36-4-2)37-16-17-5-9-20(29)10-6-17/h5-15H,3-4,16H2,1-2H3,(H,34,35)/b24-15-,31-28?. The van der Waals surface area contributed by atoms with Crippen molar-refractivity contribution in [3.05, 3.63) is 91.6 Å². The van der Waals surface area contributed by atoms with E-state index in [2.05, 4.69) is 27.6 Å². The van der Waals surface area contributed by atoms with Crippen molar-refractivity contribution < 1.29 is 28.6 Å². The van der Waals surface area contributed by atoms with Crippen LogP contribution in [0.25, 0.3) is 6.08 Å². The van der Waals surface area contributed by atoms with Crippen molar-refractivity contribution >= 4 is 63.2 Å². The molecule has 3 aromatic rings. The Morgan fingerprint density at radius 3 is 2.45 bits per heavy atom. The SMILES string of the molecule is CCOc1cc(/C=C2\SC(=Nc3ccc(C(=O)O)cc3)N(CC)C2=O)cc(I)c1OCc1ccc(F)cc1. The molecule has 1 heterocycles. The van der Waals surface area contributed by atoms with Gasteiger partial charge in [-0.15, -0.1) is 0 Å². The van der Waals surface area contributed by atoms with Crippen molar-refractivity contribution in [2.24, 2.45) is 4.99 Å². The van der Waals surface area contributed by atoms with Gasteiger partial charge in [-0.3, -0.25) is 9.69 Å². The first-order chi connectivity index (χ1) is 18.3. The number of carboxylic acids is 1. The van der Waals surface area contributed by atoms with Crippen molar-refractivity contribution in [2.45, 2.75) is 20.5 Å². The Morgan fingerprint density at radius 1 is 1.11 bits per heavy atom. The monoisotopic (exact) mass is 646 g/mol. The molecule has 0 aromatic heterocycles. The van der Waals surface area contributed by atoms with Gasteiger partial charge in [-0.2, -0.15) is 0 Å². The molecule has 196 valence electrons. The Balaban J connectivity index is 1.59. The number of aromatic carboxylic acids is 1. The van der Waals surface area contributed by atoms with Gasteiger partial charge in [-0.05, 0) is 114 Å². The third-order valence-electron chi connectivity index (χ3n) is 5.47. The summed E-state index contributed by atoms with van der Waals surface area (Å²) in [6.45, 7) is 4.87. The molecule has 0 radical (unpaired) electrons. The first-order valence-electron chi connectivity index (χ1n) is 11.8. The van der Waals surface area contributed by atoms with Gasteiger partial charge in [0.2, 0.25) is 0 Å². The lowest BCUT2D eigenvalue weighted by Crippen LogP contribution is -2.28. The highest BCUT2D eigenvalue weighted by molar-refractivity contribution is 14.1. The summed E-state index contributed by atoms with van der Waals surface area (Å²) in [6, 6.07) is 16.0. The maximum atomic E-state index is 13.2. The minimum Gasteiger partial charge on any atom is -0.490 e. The molecule has 1 N–H and O–H groups in total. The van der Waals surface area contributed by atoms with Crippen molar-refractivity contribution in [1.29, 1.82) is 0 Å². The van der Waals surface area contributed by atoms with Crippen LogP contribution in [0.15, 0.2) is 70.6 Å². The number of hydrogen-bond acceptors (Lipinski definition) is 6. The Labute approximate surface area is 237 Å². The number of aliphatic imine (C=N–C) groups is 1. The van der Waals surface area contributed by atoms with E-state index in [1.54, 1.807) is 35.2 Å². The minimum atomic E-state index is -1.01. The molecule has 0 unspecified atom stereocenters. The maximum absolute atomic E-state index is 13.2. The topological polar surface area (TPSA) is 88.4 Å². The fraction of sp³-hybridized carbons (Fsp3) is 0.179. The first-order valence-corrected chi connectivity index (χ1v) is 13.7. The number of hydrogen-bond donors (Lipinski definition) is 1. The molecule has 7 nitrogen and oxygen atoms in total. The Morgan fingerprint density at radius 2 is 1.82 bits per heavy atom. The van der Waals surface area contributed by atoms with Crippen molar-refractivity contribution in [3.8, 4) is 11.5 Å². The summed E-state index contributed by atoms with van der Waals surface area (Å²) in [5.74, 6) is -0.359. The molecule has 0 atom stereocenters. The number of carbonyl (C=O) groups excluding carboxylic acids is 1. The summed E-state index contributed by atoms with van der Waals surface area (Å²) in [4.78, 5) is 30.9. The molecule has 1 saturated heterocycles. The van der Waals surface area contributed by atoms with Gasteiger partial charge in [-0.1, -0.05) is 12.1 Å². The summed E-state index contributed by atoms with van der Waals surface area (Å²) in [5, 5.41) is 9.62. The van der Waals surface area contributed by atoms with Gasteiger partial charge in [0.1, 0.15) is 12.4 Å². The molecule has 1 fully saturated rings. The van der Waals surface area contributed by atoms with Gasteiger partial charge in [0.15, 0.2) is 16.7 Å². The van der Waals surface area contributed by atoms with E-state index in [4.69, 9.17) is 14.6 Å². The van der Waals surface area contributed by atoms with Gasteiger partial charge < -0.3 is 14.6 Å². The summed E-state index contributed by atoms with van der Waals surface area (Å²) < 4.78 is 25.9. The first kappa shape index (κ1) is 27.6. The van der Waals surface area contributed by atoms with Crippen LogP contribution in [-0.4, -0.2) is 40.2 Å². The number of halogens is 2. The van der Waals surface area contributed by atoms with Crippen molar-refractivity contribution in [2.75, 3.05) is 13.2 Å². The number of ether oxygens (including phenoxy) is 2. The largest absolute Gasteiger partial charge is 0.490 e. The third-order valence-corrected chi connectivity index (χ3v) is 7.28. The number of amidine groups is 1. The number of rotatable bonds is 9. The van der Waals surface area contributed by atoms with E-state index in [1.807, 2.05) is 26.0 Å². The lowest BCUT2D eigenvalue weighted by Gasteiger charge is -2.15. The third kappa shape index (κ3) is 6.54. The molecule has 0 spiro atoms. The highest BCUT2D eigenvalue weighted by atomic mass is 127. The highest BCUT2D eigenvalue weighted by Gasteiger charge is 2.32. The number of benzene rings is 3. The predicted molar refractivity (Wildman–Crippen MR) is 155 cm³/mol. The van der Waals surface area contributed by atoms with E-state index in [0.717, 1.165) is 14.7 Å². The second-order valence-corrected chi connectivity index (χ2v) is 10.3. The van der Waals surface area contributed by atoms with Crippen LogP contribution in [-0.2, 0) is 11.4 Å². The number of nitrogens with zero attached hydrogens (tertiary/aromatic N) is 2. The van der Waals surface area contributed by atoms with Crippen LogP contribution in [0, 0.1) is 9.39 Å². The molecule has 1 aliphatic heterocycles. The summed E-state index contributed by atoms with van der Waals surface area (Å²) in [6.07, 6.45) is 1.79. The molecule has 3 aromatic carbocycles. The summed E-state index contributed by atoms with van der Waals surface area (Å²) in [5.41, 5.74) is 2.32. The second kappa shape index (κ2) is 12.4. The number of amides is 1. The van der Waals surface area contributed by atoms with E-state index >= 15 is 0 Å². The fourth-order valence-corrected chi connectivity index (χ4v) is 5.46. The van der Waals surface area contributed by atoms with E-state index in [1.165, 1.54) is 36.0 Å². The molecule has 0 saturated carbocycles. The normalized spacial score (nSPS) is 15.4. The zero-order valence-corrected chi connectivity index (χ0v) is 23.6. The van der Waals surface area contributed by atoms with E-state index in [9.17, 15) is 14.0 Å². The molecular weight excluding hydrogens is 622 g/mol. The van der Waals surface area contributed by atoms with E-state index in [0.29, 0.717) is 40.4 Å². The Kier molecular flexibility index (Phi) is 9.05. The van der Waals surface area contributed by atoms with Gasteiger partial charge in [-0.25, -0.2) is 14.2 Å². The molecule has 1 amide bonds. The molecule has 0 aliphatic carbocycles. The van der Waals surface area contributed by atoms with Crippen molar-refractivity contribution in [3.63, 3.8) is 0 Å². The van der Waals surface area contributed by atoms with Crippen LogP contribution in [0.1, 0.15) is 35.3 Å². The van der Waals surface area contributed by atoms with E-state index < -0.39 is 5.97 Å². The van der Waals surface area contributed by atoms with Gasteiger partial charge in [0, 0.05) is 6.54 Å². The quantitative estimate of drug-likeness (QED) is 0.205. The van der Waals surface area contributed by atoms with Gasteiger partial charge >= 0.3 is 5.97 Å². The fourth-order valence-electron chi connectivity index (χ4n) is 3.62. The number of carbonyl (C=O) groups is 2. The molecule has 10 heteroatoms. The zero-order chi connectivity index (χ0) is 27.2. The van der Waals surface area contributed by atoms with Crippen LogP contribution in [0.5, 0.6) is 11.5 Å². The molecule has 38 heavy (non-hydrogen) atoms. The molecule has 0 bridgehead atoms. The summed E-state index contributed by atoms with van der Waals surface area (Å²) >= 11 is 3.42. The zero-order valence-electron chi connectivity index (χ0n) is 20.6. The lowest BCUT2D eigenvalue weighted by atomic mass is 10.1. The average Bonchev–Trinajstić information content (AvgIpc) is 3.18. The smallest absolute Gasteiger partial charge is 0.335 e. The summed E-state index contributed by atoms with van der Waals surface area (Å²) in [7, 11) is 0. The second-order valence-electron chi connectivity index (χ2n) is 8.08. The minimum absolute atomic E-state index is 0.164. The highest BCUT2D eigenvalue weighted by Crippen LogP contribution is 2.38. The Bertz CT molecular complexity index is 1410.